The molecule has 0 aliphatic carbocycles. The Balaban J connectivity index is 1.12. The lowest BCUT2D eigenvalue weighted by Gasteiger charge is -2.42. The van der Waals surface area contributed by atoms with Gasteiger partial charge in [0.2, 0.25) is 0 Å². The predicted octanol–water partition coefficient (Wildman–Crippen LogP) is 15.4. The first-order valence-corrected chi connectivity index (χ1v) is 22.6. The van der Waals surface area contributed by atoms with Crippen LogP contribution in [0.15, 0.2) is 176 Å². The third-order valence-electron chi connectivity index (χ3n) is 13.7. The van der Waals surface area contributed by atoms with Gasteiger partial charge < -0.3 is 14.0 Å². The highest BCUT2D eigenvalue weighted by Crippen LogP contribution is 2.50. The smallest absolute Gasteiger partial charge is 0.140 e. The van der Waals surface area contributed by atoms with Crippen molar-refractivity contribution in [2.75, 3.05) is 4.90 Å². The van der Waals surface area contributed by atoms with Crippen molar-refractivity contribution >= 4 is 76.9 Å². The van der Waals surface area contributed by atoms with Gasteiger partial charge in [-0.15, -0.1) is 0 Å². The standard InChI is InChI=1S/C57H49N5/c1-3-4-5-8-24-41-35-38(2)42-33-34-46-43-25-13-17-29-50(43)60(40-22-11-7-12-23-40)57(46)56(42)61(41)54-31-19-32-55(58-54)62-51-30-18-15-27-45(51)48-36-47-44-26-14-16-28-49(44)59(52(47)37-53(48)62)39-20-9-6-10-21-39/h6-7,9-23,25-34,36-38,41H,3-5,8,24,35H2,1-2H3. The van der Waals surface area contributed by atoms with Gasteiger partial charge in [-0.1, -0.05) is 149 Å². The van der Waals surface area contributed by atoms with Gasteiger partial charge in [0.25, 0.3) is 0 Å². The van der Waals surface area contributed by atoms with Crippen LogP contribution >= 0.6 is 0 Å². The van der Waals surface area contributed by atoms with Crippen LogP contribution in [-0.4, -0.2) is 24.7 Å². The molecule has 5 nitrogen and oxygen atoms in total. The highest BCUT2D eigenvalue weighted by Gasteiger charge is 2.35. The minimum Gasteiger partial charge on any atom is -0.321 e. The van der Waals surface area contributed by atoms with Crippen LogP contribution in [0.2, 0.25) is 0 Å². The molecular formula is C57H49N5. The molecule has 4 aromatic heterocycles. The summed E-state index contributed by atoms with van der Waals surface area (Å²) in [4.78, 5) is 8.45. The molecule has 0 N–H and O–H groups in total. The monoisotopic (exact) mass is 803 g/mol. The fourth-order valence-corrected chi connectivity index (χ4v) is 10.9. The molecule has 11 aromatic rings. The summed E-state index contributed by atoms with van der Waals surface area (Å²) < 4.78 is 7.34. The van der Waals surface area contributed by atoms with Crippen molar-refractivity contribution in [1.29, 1.82) is 0 Å². The highest BCUT2D eigenvalue weighted by molar-refractivity contribution is 6.19. The Morgan fingerprint density at radius 1 is 0.468 bits per heavy atom. The number of hydrogen-bond acceptors (Lipinski definition) is 2. The zero-order chi connectivity index (χ0) is 41.3. The van der Waals surface area contributed by atoms with Gasteiger partial charge in [-0.05, 0) is 91.1 Å². The van der Waals surface area contributed by atoms with Gasteiger partial charge in [0.05, 0.1) is 38.8 Å². The van der Waals surface area contributed by atoms with E-state index in [1.54, 1.807) is 0 Å². The summed E-state index contributed by atoms with van der Waals surface area (Å²) in [6.45, 7) is 4.74. The van der Waals surface area contributed by atoms with E-state index in [1.807, 2.05) is 0 Å². The number of unbranched alkanes of at least 4 members (excludes halogenated alkanes) is 3. The molecule has 7 aromatic carbocycles. The minimum atomic E-state index is 0.296. The average Bonchev–Trinajstić information content (AvgIpc) is 3.96. The van der Waals surface area contributed by atoms with Gasteiger partial charge >= 0.3 is 0 Å². The van der Waals surface area contributed by atoms with Crippen LogP contribution in [0.4, 0.5) is 11.5 Å². The summed E-state index contributed by atoms with van der Waals surface area (Å²) >= 11 is 0. The van der Waals surface area contributed by atoms with Crippen LogP contribution in [0.1, 0.15) is 63.9 Å². The van der Waals surface area contributed by atoms with E-state index >= 15 is 0 Å². The van der Waals surface area contributed by atoms with E-state index in [9.17, 15) is 0 Å². The molecule has 12 rings (SSSR count). The first-order chi connectivity index (χ1) is 30.7. The number of benzene rings is 7. The maximum Gasteiger partial charge on any atom is 0.140 e. The summed E-state index contributed by atoms with van der Waals surface area (Å²) in [5, 5.41) is 7.53. The van der Waals surface area contributed by atoms with Crippen molar-refractivity contribution < 1.29 is 0 Å². The Bertz CT molecular complexity index is 3460. The number of rotatable bonds is 9. The molecule has 0 fully saturated rings. The number of nitrogens with zero attached hydrogens (tertiary/aromatic N) is 5. The van der Waals surface area contributed by atoms with Gasteiger partial charge in [0.1, 0.15) is 11.6 Å². The Hall–Kier alpha value is -7.11. The Kier molecular flexibility index (Phi) is 8.77. The van der Waals surface area contributed by atoms with Crippen LogP contribution in [0.3, 0.4) is 0 Å². The Morgan fingerprint density at radius 2 is 1.03 bits per heavy atom. The van der Waals surface area contributed by atoms with Crippen molar-refractivity contribution in [2.24, 2.45) is 0 Å². The average molecular weight is 804 g/mol. The van der Waals surface area contributed by atoms with Crippen LogP contribution in [0.5, 0.6) is 0 Å². The fourth-order valence-electron chi connectivity index (χ4n) is 10.9. The van der Waals surface area contributed by atoms with Crippen molar-refractivity contribution in [3.05, 3.63) is 181 Å². The Morgan fingerprint density at radius 3 is 1.71 bits per heavy atom. The molecule has 0 saturated carbocycles. The normalized spacial score (nSPS) is 15.5. The van der Waals surface area contributed by atoms with E-state index in [0.29, 0.717) is 12.0 Å². The fraction of sp³-hybridized carbons (Fsp3) is 0.175. The van der Waals surface area contributed by atoms with E-state index < -0.39 is 0 Å². The van der Waals surface area contributed by atoms with E-state index in [2.05, 4.69) is 208 Å². The summed E-state index contributed by atoms with van der Waals surface area (Å²) in [6, 6.07) is 64.9. The van der Waals surface area contributed by atoms with Crippen molar-refractivity contribution in [3.8, 4) is 17.2 Å². The Labute approximate surface area is 362 Å². The van der Waals surface area contributed by atoms with Crippen LogP contribution in [0.25, 0.3) is 82.6 Å². The predicted molar refractivity (Wildman–Crippen MR) is 261 cm³/mol. The highest BCUT2D eigenvalue weighted by atomic mass is 15.3. The number of aromatic nitrogens is 4. The molecule has 1 aliphatic heterocycles. The molecule has 0 amide bonds. The van der Waals surface area contributed by atoms with Crippen molar-refractivity contribution in [1.82, 2.24) is 18.7 Å². The van der Waals surface area contributed by atoms with Crippen LogP contribution in [-0.2, 0) is 0 Å². The maximum atomic E-state index is 5.80. The third-order valence-corrected chi connectivity index (χ3v) is 13.7. The molecule has 62 heavy (non-hydrogen) atoms. The second-order valence-electron chi connectivity index (χ2n) is 17.4. The van der Waals surface area contributed by atoms with Crippen LogP contribution in [0, 0.1) is 0 Å². The van der Waals surface area contributed by atoms with E-state index in [-0.39, 0.29) is 0 Å². The maximum absolute atomic E-state index is 5.80. The molecule has 0 radical (unpaired) electrons. The molecule has 1 aliphatic rings. The lowest BCUT2D eigenvalue weighted by Crippen LogP contribution is -2.38. The molecule has 0 spiro atoms. The van der Waals surface area contributed by atoms with Gasteiger partial charge in [-0.25, -0.2) is 4.98 Å². The van der Waals surface area contributed by atoms with Crippen LogP contribution < -0.4 is 4.90 Å². The molecular weight excluding hydrogens is 755 g/mol. The zero-order valence-corrected chi connectivity index (χ0v) is 35.4. The quantitative estimate of drug-likeness (QED) is 0.136. The van der Waals surface area contributed by atoms with Gasteiger partial charge in [-0.3, -0.25) is 4.57 Å². The summed E-state index contributed by atoms with van der Waals surface area (Å²) in [6.07, 6.45) is 7.15. The number of fused-ring (bicyclic) bond motifs is 11. The largest absolute Gasteiger partial charge is 0.321 e. The van der Waals surface area contributed by atoms with E-state index in [0.717, 1.165) is 41.2 Å². The number of hydrogen-bond donors (Lipinski definition) is 0. The number of anilines is 2. The molecule has 5 heteroatoms. The first kappa shape index (κ1) is 36.7. The second-order valence-corrected chi connectivity index (χ2v) is 17.4. The minimum absolute atomic E-state index is 0.296. The van der Waals surface area contributed by atoms with Gasteiger partial charge in [0.15, 0.2) is 0 Å². The van der Waals surface area contributed by atoms with E-state index in [1.165, 1.54) is 97.0 Å². The molecule has 2 unspecified atom stereocenters. The first-order valence-electron chi connectivity index (χ1n) is 22.6. The van der Waals surface area contributed by atoms with Crippen molar-refractivity contribution in [3.63, 3.8) is 0 Å². The lowest BCUT2D eigenvalue weighted by atomic mass is 9.84. The SMILES string of the molecule is CCCCCCC1CC(C)c2ccc3c4ccccc4n(-c4ccccc4)c3c2N1c1cccc(-n2c3ccccc3c3cc4c5ccccc5n(-c5ccccc5)c4cc32)n1. The summed E-state index contributed by atoms with van der Waals surface area (Å²) in [5.41, 5.74) is 12.2. The van der Waals surface area contributed by atoms with E-state index in [4.69, 9.17) is 4.98 Å². The third kappa shape index (κ3) is 5.64. The van der Waals surface area contributed by atoms with Gasteiger partial charge in [-0.2, -0.15) is 0 Å². The summed E-state index contributed by atoms with van der Waals surface area (Å²) in [7, 11) is 0. The molecule has 2 atom stereocenters. The number of para-hydroxylation sites is 5. The second kappa shape index (κ2) is 14.8. The van der Waals surface area contributed by atoms with Gasteiger partial charge in [0, 0.05) is 49.7 Å². The zero-order valence-electron chi connectivity index (χ0n) is 35.4. The molecule has 0 saturated heterocycles. The molecule has 0 bridgehead atoms. The van der Waals surface area contributed by atoms with Crippen molar-refractivity contribution in [2.45, 2.75) is 64.3 Å². The summed E-state index contributed by atoms with van der Waals surface area (Å²) in [5.74, 6) is 2.33. The topological polar surface area (TPSA) is 30.9 Å². The molecule has 5 heterocycles. The molecule has 302 valence electrons. The lowest BCUT2D eigenvalue weighted by molar-refractivity contribution is 0.464. The number of pyridine rings is 1.